The SMILES string of the molecule is CC(C)C[C@H]([C@H](c1ccc(Cl)cc1)C1CCC1)N(C)C. The van der Waals surface area contributed by atoms with Crippen LogP contribution in [0.5, 0.6) is 0 Å². The summed E-state index contributed by atoms with van der Waals surface area (Å²) >= 11 is 6.06. The molecule has 2 rings (SSSR count). The van der Waals surface area contributed by atoms with Gasteiger partial charge in [0.1, 0.15) is 0 Å². The monoisotopic (exact) mass is 293 g/mol. The van der Waals surface area contributed by atoms with Crippen molar-refractivity contribution in [1.82, 2.24) is 4.90 Å². The predicted octanol–water partition coefficient (Wildman–Crippen LogP) is 5.20. The van der Waals surface area contributed by atoms with Gasteiger partial charge in [-0.1, -0.05) is 44.0 Å². The van der Waals surface area contributed by atoms with E-state index in [0.717, 1.165) is 16.9 Å². The summed E-state index contributed by atoms with van der Waals surface area (Å²) in [7, 11) is 4.46. The zero-order valence-electron chi connectivity index (χ0n) is 13.3. The van der Waals surface area contributed by atoms with E-state index in [1.165, 1.54) is 31.2 Å². The van der Waals surface area contributed by atoms with E-state index < -0.39 is 0 Å². The van der Waals surface area contributed by atoms with Gasteiger partial charge in [-0.2, -0.15) is 0 Å². The van der Waals surface area contributed by atoms with Crippen LogP contribution in [0.2, 0.25) is 5.02 Å². The number of hydrogen-bond acceptors (Lipinski definition) is 1. The van der Waals surface area contributed by atoms with E-state index in [1.807, 2.05) is 12.1 Å². The normalized spacial score (nSPS) is 19.1. The second kappa shape index (κ2) is 6.95. The van der Waals surface area contributed by atoms with Gasteiger partial charge in [0.2, 0.25) is 0 Å². The van der Waals surface area contributed by atoms with E-state index in [-0.39, 0.29) is 0 Å². The molecule has 0 aliphatic heterocycles. The fourth-order valence-corrected chi connectivity index (χ4v) is 3.58. The highest BCUT2D eigenvalue weighted by Gasteiger charge is 2.35. The van der Waals surface area contributed by atoms with Crippen LogP contribution in [0.3, 0.4) is 0 Å². The van der Waals surface area contributed by atoms with Gasteiger partial charge in [0, 0.05) is 17.0 Å². The summed E-state index contributed by atoms with van der Waals surface area (Å²) in [6, 6.07) is 9.20. The van der Waals surface area contributed by atoms with Gasteiger partial charge in [0.15, 0.2) is 0 Å². The molecule has 0 spiro atoms. The standard InChI is InChI=1S/C18H28ClN/c1-13(2)12-17(20(3)4)18(14-6-5-7-14)15-8-10-16(19)11-9-15/h8-11,13-14,17-18H,5-7,12H2,1-4H3/t17-,18+/m1/s1. The lowest BCUT2D eigenvalue weighted by atomic mass is 9.68. The number of hydrogen-bond donors (Lipinski definition) is 0. The minimum absolute atomic E-state index is 0.626. The quantitative estimate of drug-likeness (QED) is 0.697. The van der Waals surface area contributed by atoms with Gasteiger partial charge in [0.05, 0.1) is 0 Å². The van der Waals surface area contributed by atoms with Crippen LogP contribution in [0.15, 0.2) is 24.3 Å². The Labute approximate surface area is 129 Å². The highest BCUT2D eigenvalue weighted by Crippen LogP contribution is 2.43. The first-order valence-electron chi connectivity index (χ1n) is 7.91. The maximum absolute atomic E-state index is 6.06. The molecule has 1 aliphatic carbocycles. The van der Waals surface area contributed by atoms with Gasteiger partial charge < -0.3 is 4.90 Å². The molecule has 2 heteroatoms. The van der Waals surface area contributed by atoms with Crippen molar-refractivity contribution in [3.05, 3.63) is 34.9 Å². The largest absolute Gasteiger partial charge is 0.306 e. The van der Waals surface area contributed by atoms with Crippen molar-refractivity contribution in [2.24, 2.45) is 11.8 Å². The van der Waals surface area contributed by atoms with E-state index in [0.29, 0.717) is 12.0 Å². The Morgan fingerprint density at radius 3 is 2.15 bits per heavy atom. The fraction of sp³-hybridized carbons (Fsp3) is 0.667. The van der Waals surface area contributed by atoms with Gasteiger partial charge >= 0.3 is 0 Å². The van der Waals surface area contributed by atoms with Gasteiger partial charge in [-0.25, -0.2) is 0 Å². The summed E-state index contributed by atoms with van der Waals surface area (Å²) in [6.45, 7) is 4.66. The first-order chi connectivity index (χ1) is 9.49. The van der Waals surface area contributed by atoms with Gasteiger partial charge in [0.25, 0.3) is 0 Å². The predicted molar refractivity (Wildman–Crippen MR) is 88.5 cm³/mol. The van der Waals surface area contributed by atoms with Crippen molar-refractivity contribution in [3.8, 4) is 0 Å². The van der Waals surface area contributed by atoms with Crippen molar-refractivity contribution in [2.45, 2.75) is 51.5 Å². The molecule has 0 N–H and O–H groups in total. The zero-order chi connectivity index (χ0) is 14.7. The maximum atomic E-state index is 6.06. The summed E-state index contributed by atoms with van der Waals surface area (Å²) in [5.41, 5.74) is 1.47. The summed E-state index contributed by atoms with van der Waals surface area (Å²) < 4.78 is 0. The molecule has 0 saturated heterocycles. The van der Waals surface area contributed by atoms with Crippen LogP contribution in [0.25, 0.3) is 0 Å². The van der Waals surface area contributed by atoms with Crippen LogP contribution in [-0.4, -0.2) is 25.0 Å². The number of rotatable bonds is 6. The van der Waals surface area contributed by atoms with E-state index in [2.05, 4.69) is 45.0 Å². The minimum Gasteiger partial charge on any atom is -0.306 e. The van der Waals surface area contributed by atoms with Crippen LogP contribution >= 0.6 is 11.6 Å². The smallest absolute Gasteiger partial charge is 0.0406 e. The lowest BCUT2D eigenvalue weighted by Crippen LogP contribution is -2.40. The van der Waals surface area contributed by atoms with Gasteiger partial charge in [-0.05, 0) is 62.9 Å². The molecule has 0 radical (unpaired) electrons. The maximum Gasteiger partial charge on any atom is 0.0406 e. The number of halogens is 1. The van der Waals surface area contributed by atoms with Crippen LogP contribution in [0.4, 0.5) is 0 Å². The van der Waals surface area contributed by atoms with Crippen LogP contribution in [0.1, 0.15) is 51.0 Å². The first-order valence-corrected chi connectivity index (χ1v) is 8.28. The molecule has 1 aliphatic rings. The van der Waals surface area contributed by atoms with Crippen molar-refractivity contribution in [3.63, 3.8) is 0 Å². The van der Waals surface area contributed by atoms with Crippen molar-refractivity contribution >= 4 is 11.6 Å². The topological polar surface area (TPSA) is 3.24 Å². The van der Waals surface area contributed by atoms with Gasteiger partial charge in [-0.3, -0.25) is 0 Å². The van der Waals surface area contributed by atoms with E-state index in [4.69, 9.17) is 11.6 Å². The summed E-state index contributed by atoms with van der Waals surface area (Å²) in [5.74, 6) is 2.23. The molecule has 1 aromatic rings. The molecule has 2 atom stereocenters. The lowest BCUT2D eigenvalue weighted by molar-refractivity contribution is 0.140. The molecule has 0 amide bonds. The van der Waals surface area contributed by atoms with Crippen molar-refractivity contribution < 1.29 is 0 Å². The average molecular weight is 294 g/mol. The molecular formula is C18H28ClN. The summed E-state index contributed by atoms with van der Waals surface area (Å²) in [5, 5.41) is 0.839. The van der Waals surface area contributed by atoms with Crippen LogP contribution in [-0.2, 0) is 0 Å². The average Bonchev–Trinajstić information content (AvgIpc) is 2.32. The lowest BCUT2D eigenvalue weighted by Gasteiger charge is -2.42. The highest BCUT2D eigenvalue weighted by atomic mass is 35.5. The third-order valence-corrected chi connectivity index (χ3v) is 4.96. The third kappa shape index (κ3) is 3.77. The Hall–Kier alpha value is -0.530. The molecule has 0 unspecified atom stereocenters. The second-order valence-electron chi connectivity index (χ2n) is 6.93. The Balaban J connectivity index is 2.27. The minimum atomic E-state index is 0.626. The van der Waals surface area contributed by atoms with E-state index >= 15 is 0 Å². The molecular weight excluding hydrogens is 266 g/mol. The molecule has 20 heavy (non-hydrogen) atoms. The molecule has 1 aromatic carbocycles. The molecule has 1 fully saturated rings. The molecule has 0 aromatic heterocycles. The molecule has 112 valence electrons. The fourth-order valence-electron chi connectivity index (χ4n) is 3.45. The zero-order valence-corrected chi connectivity index (χ0v) is 14.0. The third-order valence-electron chi connectivity index (χ3n) is 4.70. The molecule has 1 nitrogen and oxygen atoms in total. The Morgan fingerprint density at radius 2 is 1.75 bits per heavy atom. The summed E-state index contributed by atoms with van der Waals surface area (Å²) in [4.78, 5) is 2.43. The molecule has 1 saturated carbocycles. The van der Waals surface area contributed by atoms with Crippen LogP contribution in [0, 0.1) is 11.8 Å². The Bertz CT molecular complexity index is 406. The Kier molecular flexibility index (Phi) is 5.51. The first kappa shape index (κ1) is 15.9. The Morgan fingerprint density at radius 1 is 1.15 bits per heavy atom. The molecule has 0 bridgehead atoms. The number of likely N-dealkylation sites (N-methyl/N-ethyl adjacent to an activating group) is 1. The van der Waals surface area contributed by atoms with Crippen LogP contribution < -0.4 is 0 Å². The highest BCUT2D eigenvalue weighted by molar-refractivity contribution is 6.30. The van der Waals surface area contributed by atoms with E-state index in [1.54, 1.807) is 0 Å². The van der Waals surface area contributed by atoms with Crippen molar-refractivity contribution in [2.75, 3.05) is 14.1 Å². The van der Waals surface area contributed by atoms with E-state index in [9.17, 15) is 0 Å². The number of benzene rings is 1. The second-order valence-corrected chi connectivity index (χ2v) is 7.37. The summed E-state index contributed by atoms with van der Waals surface area (Å²) in [6.07, 6.45) is 5.43. The molecule has 0 heterocycles. The number of nitrogens with zero attached hydrogens (tertiary/aromatic N) is 1. The van der Waals surface area contributed by atoms with Crippen molar-refractivity contribution in [1.29, 1.82) is 0 Å². The van der Waals surface area contributed by atoms with Gasteiger partial charge in [-0.15, -0.1) is 0 Å².